The van der Waals surface area contributed by atoms with Crippen molar-refractivity contribution in [1.82, 2.24) is 0 Å². The third-order valence-electron chi connectivity index (χ3n) is 4.43. The van der Waals surface area contributed by atoms with Crippen LogP contribution in [0, 0.1) is 0 Å². The zero-order valence-corrected chi connectivity index (χ0v) is 15.6. The van der Waals surface area contributed by atoms with Gasteiger partial charge in [0.05, 0.1) is 18.0 Å². The summed E-state index contributed by atoms with van der Waals surface area (Å²) in [5, 5.41) is 21.6. The molecule has 0 aliphatic rings. The molecule has 0 bridgehead atoms. The summed E-state index contributed by atoms with van der Waals surface area (Å²) in [6, 6.07) is 26.9. The van der Waals surface area contributed by atoms with Gasteiger partial charge < -0.3 is 14.9 Å². The lowest BCUT2D eigenvalue weighted by atomic mass is 10.1. The second-order valence-electron chi connectivity index (χ2n) is 6.11. The van der Waals surface area contributed by atoms with E-state index in [4.69, 9.17) is 4.74 Å². The molecule has 4 aromatic rings. The van der Waals surface area contributed by atoms with Crippen LogP contribution in [0.25, 0.3) is 10.8 Å². The molecule has 0 amide bonds. The third-order valence-corrected chi connectivity index (χ3v) is 6.71. The quantitative estimate of drug-likeness (QED) is 0.473. The van der Waals surface area contributed by atoms with Crippen LogP contribution in [-0.4, -0.2) is 17.3 Å². The summed E-state index contributed by atoms with van der Waals surface area (Å²) in [5.41, 5.74) is 0. The Morgan fingerprint density at radius 3 is 1.67 bits per heavy atom. The number of rotatable bonds is 4. The SMILES string of the molecule is COc1ccc([S+](c2ccc(O)cc2)c2ccc(O)cc2)c2ccccc12. The first kappa shape index (κ1) is 17.3. The number of phenols is 2. The summed E-state index contributed by atoms with van der Waals surface area (Å²) in [6.45, 7) is 0. The highest BCUT2D eigenvalue weighted by molar-refractivity contribution is 7.97. The Balaban J connectivity index is 1.98. The first-order chi connectivity index (χ1) is 13.2. The van der Waals surface area contributed by atoms with Crippen LogP contribution >= 0.6 is 0 Å². The van der Waals surface area contributed by atoms with Gasteiger partial charge in [-0.15, -0.1) is 0 Å². The molecule has 0 radical (unpaired) electrons. The van der Waals surface area contributed by atoms with Gasteiger partial charge in [-0.25, -0.2) is 0 Å². The minimum absolute atomic E-state index is 0.243. The van der Waals surface area contributed by atoms with Gasteiger partial charge in [0.1, 0.15) is 17.2 Å². The van der Waals surface area contributed by atoms with Crippen LogP contribution < -0.4 is 4.74 Å². The van der Waals surface area contributed by atoms with Crippen molar-refractivity contribution in [2.24, 2.45) is 0 Å². The van der Waals surface area contributed by atoms with Gasteiger partial charge in [-0.05, 0) is 66.7 Å². The van der Waals surface area contributed by atoms with Gasteiger partial charge >= 0.3 is 0 Å². The average Bonchev–Trinajstić information content (AvgIpc) is 2.71. The highest BCUT2D eigenvalue weighted by atomic mass is 32.2. The molecule has 0 heterocycles. The molecule has 0 unspecified atom stereocenters. The predicted molar refractivity (Wildman–Crippen MR) is 109 cm³/mol. The predicted octanol–water partition coefficient (Wildman–Crippen LogP) is 5.36. The van der Waals surface area contributed by atoms with E-state index in [-0.39, 0.29) is 11.5 Å². The van der Waals surface area contributed by atoms with Crippen LogP contribution in [0.15, 0.2) is 99.6 Å². The van der Waals surface area contributed by atoms with E-state index in [9.17, 15) is 10.2 Å². The fourth-order valence-corrected chi connectivity index (χ4v) is 5.35. The molecule has 3 nitrogen and oxygen atoms in total. The van der Waals surface area contributed by atoms with E-state index in [0.29, 0.717) is 0 Å². The van der Waals surface area contributed by atoms with Crippen molar-refractivity contribution in [3.8, 4) is 17.2 Å². The van der Waals surface area contributed by atoms with Gasteiger partial charge in [-0.3, -0.25) is 0 Å². The Hall–Kier alpha value is -3.11. The van der Waals surface area contributed by atoms with Gasteiger partial charge in [-0.1, -0.05) is 18.2 Å². The highest BCUT2D eigenvalue weighted by Crippen LogP contribution is 2.39. The van der Waals surface area contributed by atoms with Crippen molar-refractivity contribution < 1.29 is 14.9 Å². The van der Waals surface area contributed by atoms with E-state index < -0.39 is 10.9 Å². The molecule has 4 heteroatoms. The lowest BCUT2D eigenvalue weighted by Gasteiger charge is -2.12. The van der Waals surface area contributed by atoms with Crippen molar-refractivity contribution in [3.05, 3.63) is 84.9 Å². The second-order valence-corrected chi connectivity index (χ2v) is 8.10. The normalized spacial score (nSPS) is 11.0. The zero-order valence-electron chi connectivity index (χ0n) is 14.8. The monoisotopic (exact) mass is 375 g/mol. The van der Waals surface area contributed by atoms with E-state index in [0.717, 1.165) is 26.3 Å². The molecule has 0 saturated heterocycles. The molecule has 0 saturated carbocycles. The van der Waals surface area contributed by atoms with E-state index in [2.05, 4.69) is 18.2 Å². The second kappa shape index (κ2) is 7.25. The fourth-order valence-electron chi connectivity index (χ4n) is 3.15. The first-order valence-electron chi connectivity index (χ1n) is 8.55. The van der Waals surface area contributed by atoms with Gasteiger partial charge in [-0.2, -0.15) is 0 Å². The molecular formula is C23H19O3S+. The molecule has 0 aliphatic heterocycles. The molecule has 0 fully saturated rings. The molecule has 27 heavy (non-hydrogen) atoms. The molecule has 4 aromatic carbocycles. The van der Waals surface area contributed by atoms with Crippen LogP contribution in [0.5, 0.6) is 17.2 Å². The Labute approximate surface area is 160 Å². The Morgan fingerprint density at radius 2 is 1.15 bits per heavy atom. The summed E-state index contributed by atoms with van der Waals surface area (Å²) in [7, 11) is 1.29. The average molecular weight is 375 g/mol. The lowest BCUT2D eigenvalue weighted by Crippen LogP contribution is -2.05. The van der Waals surface area contributed by atoms with E-state index in [1.807, 2.05) is 42.5 Å². The van der Waals surface area contributed by atoms with Crippen molar-refractivity contribution >= 4 is 21.7 Å². The highest BCUT2D eigenvalue weighted by Gasteiger charge is 2.31. The molecule has 4 rings (SSSR count). The number of fused-ring (bicyclic) bond motifs is 1. The van der Waals surface area contributed by atoms with Crippen LogP contribution in [0.4, 0.5) is 0 Å². The van der Waals surface area contributed by atoms with E-state index in [1.165, 1.54) is 4.90 Å². The number of benzene rings is 4. The van der Waals surface area contributed by atoms with Crippen molar-refractivity contribution in [2.45, 2.75) is 14.7 Å². The van der Waals surface area contributed by atoms with E-state index >= 15 is 0 Å². The maximum Gasteiger partial charge on any atom is 0.174 e. The number of methoxy groups -OCH3 is 1. The van der Waals surface area contributed by atoms with Gasteiger partial charge in [0.15, 0.2) is 14.7 Å². The van der Waals surface area contributed by atoms with Crippen LogP contribution in [0.1, 0.15) is 0 Å². The van der Waals surface area contributed by atoms with Crippen molar-refractivity contribution in [3.63, 3.8) is 0 Å². The summed E-state index contributed by atoms with van der Waals surface area (Å²) >= 11 is 0. The summed E-state index contributed by atoms with van der Waals surface area (Å²) in [6.07, 6.45) is 0. The Morgan fingerprint density at radius 1 is 0.630 bits per heavy atom. The first-order valence-corrected chi connectivity index (χ1v) is 9.78. The number of phenolic OH excluding ortho intramolecular Hbond substituents is 2. The zero-order chi connectivity index (χ0) is 18.8. The topological polar surface area (TPSA) is 49.7 Å². The third kappa shape index (κ3) is 3.32. The van der Waals surface area contributed by atoms with Crippen LogP contribution in [-0.2, 0) is 10.9 Å². The summed E-state index contributed by atoms with van der Waals surface area (Å²) in [5.74, 6) is 1.33. The van der Waals surface area contributed by atoms with Crippen LogP contribution in [0.3, 0.4) is 0 Å². The lowest BCUT2D eigenvalue weighted by molar-refractivity contribution is 0.419. The summed E-state index contributed by atoms with van der Waals surface area (Å²) < 4.78 is 5.54. The largest absolute Gasteiger partial charge is 0.508 e. The van der Waals surface area contributed by atoms with Gasteiger partial charge in [0.2, 0.25) is 0 Å². The number of hydrogen-bond donors (Lipinski definition) is 2. The smallest absolute Gasteiger partial charge is 0.174 e. The molecule has 134 valence electrons. The van der Waals surface area contributed by atoms with Crippen LogP contribution in [0.2, 0.25) is 0 Å². The standard InChI is InChI=1S/C23H18O3S/c1-26-22-14-15-23(21-5-3-2-4-20(21)22)27(18-10-6-16(24)7-11-18)19-12-8-17(25)9-13-19/h2-15H,1H3,(H-,24,25)/p+1. The molecule has 2 N–H and O–H groups in total. The summed E-state index contributed by atoms with van der Waals surface area (Å²) in [4.78, 5) is 3.35. The number of ether oxygens (including phenoxy) is 1. The minimum Gasteiger partial charge on any atom is -0.508 e. The maximum absolute atomic E-state index is 9.71. The van der Waals surface area contributed by atoms with Gasteiger partial charge in [0, 0.05) is 10.8 Å². The number of aromatic hydroxyl groups is 2. The molecular weight excluding hydrogens is 356 g/mol. The molecule has 0 spiro atoms. The Kier molecular flexibility index (Phi) is 4.65. The Bertz CT molecular complexity index is 1030. The molecule has 0 aromatic heterocycles. The molecule has 0 atom stereocenters. The van der Waals surface area contributed by atoms with E-state index in [1.54, 1.807) is 31.4 Å². The molecule has 0 aliphatic carbocycles. The van der Waals surface area contributed by atoms with Crippen molar-refractivity contribution in [2.75, 3.05) is 7.11 Å². The maximum atomic E-state index is 9.71. The number of hydrogen-bond acceptors (Lipinski definition) is 3. The van der Waals surface area contributed by atoms with Gasteiger partial charge in [0.25, 0.3) is 0 Å². The fraction of sp³-hybridized carbons (Fsp3) is 0.0435. The minimum atomic E-state index is -0.394. The van der Waals surface area contributed by atoms with Crippen molar-refractivity contribution in [1.29, 1.82) is 0 Å².